The summed E-state index contributed by atoms with van der Waals surface area (Å²) in [7, 11) is 0. The van der Waals surface area contributed by atoms with E-state index in [1.54, 1.807) is 0 Å². The van der Waals surface area contributed by atoms with E-state index in [1.165, 1.54) is 12.1 Å². The molecule has 0 saturated heterocycles. The number of halogens is 4. The third-order valence-corrected chi connectivity index (χ3v) is 3.35. The van der Waals surface area contributed by atoms with Crippen LogP contribution in [-0.4, -0.2) is 9.97 Å². The molecule has 0 saturated carbocycles. The first kappa shape index (κ1) is 18.4. The molecule has 1 heterocycles. The van der Waals surface area contributed by atoms with E-state index in [2.05, 4.69) is 20.2 Å². The van der Waals surface area contributed by atoms with Crippen LogP contribution in [0.5, 0.6) is 6.01 Å². The molecule has 9 heteroatoms. The van der Waals surface area contributed by atoms with Crippen LogP contribution in [0.1, 0.15) is 11.1 Å². The molecule has 0 spiro atoms. The highest BCUT2D eigenvalue weighted by Crippen LogP contribution is 2.32. The van der Waals surface area contributed by atoms with Crippen molar-refractivity contribution < 1.29 is 22.3 Å². The van der Waals surface area contributed by atoms with Crippen LogP contribution in [-0.2, 0) is 12.8 Å². The number of alkyl halides is 3. The molecule has 0 N–H and O–H groups in total. The smallest absolute Gasteiger partial charge is 0.416 e. The summed E-state index contributed by atoms with van der Waals surface area (Å²) in [5, 5.41) is 7.18. The summed E-state index contributed by atoms with van der Waals surface area (Å²) in [6, 6.07) is 13.2. The fourth-order valence-electron chi connectivity index (χ4n) is 2.05. The number of aromatic nitrogens is 2. The molecule has 138 valence electrons. The van der Waals surface area contributed by atoms with Crippen LogP contribution < -0.4 is 4.74 Å². The van der Waals surface area contributed by atoms with Gasteiger partial charge in [-0.25, -0.2) is 9.37 Å². The Morgan fingerprint density at radius 3 is 2.48 bits per heavy atom. The maximum Gasteiger partial charge on any atom is 0.416 e. The predicted octanol–water partition coefficient (Wildman–Crippen LogP) is 5.63. The summed E-state index contributed by atoms with van der Waals surface area (Å²) in [5.74, 6) is -1.32. The fourth-order valence-corrected chi connectivity index (χ4v) is 2.05. The highest BCUT2D eigenvalue weighted by molar-refractivity contribution is 5.41. The average Bonchev–Trinajstić information content (AvgIpc) is 2.67. The molecular weight excluding hydrogens is 364 g/mol. The topological polar surface area (TPSA) is 59.7 Å². The normalized spacial score (nSPS) is 11.7. The molecule has 2 aromatic carbocycles. The fraction of sp³-hybridized carbons (Fsp3) is 0.111. The van der Waals surface area contributed by atoms with Gasteiger partial charge in [-0.2, -0.15) is 18.2 Å². The lowest BCUT2D eigenvalue weighted by Gasteiger charge is -2.06. The molecule has 0 atom stereocenters. The van der Waals surface area contributed by atoms with E-state index in [9.17, 15) is 17.6 Å². The van der Waals surface area contributed by atoms with Crippen molar-refractivity contribution in [2.24, 2.45) is 10.2 Å². The Morgan fingerprint density at radius 1 is 0.963 bits per heavy atom. The molecule has 3 rings (SSSR count). The summed E-state index contributed by atoms with van der Waals surface area (Å²) < 4.78 is 57.3. The van der Waals surface area contributed by atoms with E-state index in [-0.39, 0.29) is 18.3 Å². The molecule has 3 aromatic rings. The number of rotatable bonds is 5. The Labute approximate surface area is 151 Å². The molecule has 0 aliphatic carbocycles. The summed E-state index contributed by atoms with van der Waals surface area (Å²) in [4.78, 5) is 7.48. The summed E-state index contributed by atoms with van der Waals surface area (Å²) in [6.45, 7) is 0.163. The second kappa shape index (κ2) is 7.90. The van der Waals surface area contributed by atoms with Gasteiger partial charge in [0, 0.05) is 0 Å². The maximum absolute atomic E-state index is 13.8. The van der Waals surface area contributed by atoms with Crippen molar-refractivity contribution in [3.63, 3.8) is 0 Å². The van der Waals surface area contributed by atoms with Crippen LogP contribution in [0.2, 0.25) is 0 Å². The second-order valence-corrected chi connectivity index (χ2v) is 5.35. The van der Waals surface area contributed by atoms with E-state index in [0.29, 0.717) is 0 Å². The Balaban J connectivity index is 1.75. The largest absolute Gasteiger partial charge is 0.459 e. The van der Waals surface area contributed by atoms with Crippen LogP contribution in [0, 0.1) is 5.82 Å². The number of azo groups is 1. The first-order valence-electron chi connectivity index (χ1n) is 7.70. The number of nitrogens with zero attached hydrogens (tertiary/aromatic N) is 4. The molecule has 5 nitrogen and oxygen atoms in total. The van der Waals surface area contributed by atoms with E-state index in [4.69, 9.17) is 4.74 Å². The molecule has 1 aromatic heterocycles. The first-order chi connectivity index (χ1) is 12.9. The molecular formula is C18H12F4N4O. The van der Waals surface area contributed by atoms with Crippen LogP contribution >= 0.6 is 0 Å². The molecule has 0 fully saturated rings. The van der Waals surface area contributed by atoms with E-state index < -0.39 is 23.4 Å². The van der Waals surface area contributed by atoms with Crippen molar-refractivity contribution in [1.82, 2.24) is 9.97 Å². The van der Waals surface area contributed by atoms with E-state index >= 15 is 0 Å². The third-order valence-electron chi connectivity index (χ3n) is 3.35. The number of hydrogen-bond donors (Lipinski definition) is 0. The quantitative estimate of drug-likeness (QED) is 0.428. The van der Waals surface area contributed by atoms with Crippen molar-refractivity contribution >= 4 is 11.5 Å². The highest BCUT2D eigenvalue weighted by Gasteiger charge is 2.30. The minimum atomic E-state index is -4.51. The zero-order valence-corrected chi connectivity index (χ0v) is 13.7. The Morgan fingerprint density at radius 2 is 1.74 bits per heavy atom. The van der Waals surface area contributed by atoms with Gasteiger partial charge >= 0.3 is 12.2 Å². The molecule has 0 aliphatic rings. The standard InChI is InChI=1S/C18H12F4N4O/c19-15-10-23-17(27-11-12-5-2-1-3-6-12)24-16(15)26-25-14-8-4-7-13(9-14)18(20,21)22/h1-10H,11H2. The van der Waals surface area contributed by atoms with Gasteiger partial charge in [0.25, 0.3) is 0 Å². The summed E-state index contributed by atoms with van der Waals surface area (Å²) >= 11 is 0. The molecule has 0 bridgehead atoms. The second-order valence-electron chi connectivity index (χ2n) is 5.35. The van der Waals surface area contributed by atoms with E-state index in [0.717, 1.165) is 23.9 Å². The minimum absolute atomic E-state index is 0.0883. The van der Waals surface area contributed by atoms with Gasteiger partial charge < -0.3 is 4.74 Å². The zero-order valence-electron chi connectivity index (χ0n) is 13.7. The molecule has 0 amide bonds. The molecule has 27 heavy (non-hydrogen) atoms. The van der Waals surface area contributed by atoms with Gasteiger partial charge in [-0.1, -0.05) is 36.4 Å². The summed E-state index contributed by atoms with van der Waals surface area (Å²) in [6.07, 6.45) is -3.65. The van der Waals surface area contributed by atoms with Crippen LogP contribution in [0.4, 0.5) is 29.1 Å². The number of ether oxygens (including phenoxy) is 1. The maximum atomic E-state index is 13.8. The third kappa shape index (κ3) is 5.06. The monoisotopic (exact) mass is 376 g/mol. The van der Waals surface area contributed by atoms with Gasteiger partial charge in [0.2, 0.25) is 5.82 Å². The Hall–Kier alpha value is -3.36. The highest BCUT2D eigenvalue weighted by atomic mass is 19.4. The van der Waals surface area contributed by atoms with Gasteiger partial charge in [-0.3, -0.25) is 0 Å². The van der Waals surface area contributed by atoms with Crippen LogP contribution in [0.15, 0.2) is 71.0 Å². The lowest BCUT2D eigenvalue weighted by Crippen LogP contribution is -2.03. The molecule has 0 radical (unpaired) electrons. The number of hydrogen-bond acceptors (Lipinski definition) is 5. The van der Waals surface area contributed by atoms with E-state index in [1.807, 2.05) is 30.3 Å². The summed E-state index contributed by atoms with van der Waals surface area (Å²) in [5.41, 5.74) is -0.110. The van der Waals surface area contributed by atoms with Gasteiger partial charge in [-0.05, 0) is 23.8 Å². The predicted molar refractivity (Wildman–Crippen MR) is 88.4 cm³/mol. The Kier molecular flexibility index (Phi) is 5.39. The van der Waals surface area contributed by atoms with Gasteiger partial charge in [0.1, 0.15) is 6.61 Å². The lowest BCUT2D eigenvalue weighted by molar-refractivity contribution is -0.137. The van der Waals surface area contributed by atoms with Crippen molar-refractivity contribution in [3.05, 3.63) is 77.7 Å². The zero-order chi connectivity index (χ0) is 19.3. The van der Waals surface area contributed by atoms with Crippen molar-refractivity contribution in [2.75, 3.05) is 0 Å². The van der Waals surface area contributed by atoms with Crippen molar-refractivity contribution in [3.8, 4) is 6.01 Å². The van der Waals surface area contributed by atoms with Crippen LogP contribution in [0.25, 0.3) is 0 Å². The molecule has 0 unspecified atom stereocenters. The first-order valence-corrected chi connectivity index (χ1v) is 7.70. The van der Waals surface area contributed by atoms with Gasteiger partial charge in [0.05, 0.1) is 17.4 Å². The van der Waals surface area contributed by atoms with Gasteiger partial charge in [-0.15, -0.1) is 10.2 Å². The Bertz CT molecular complexity index is 946. The lowest BCUT2D eigenvalue weighted by atomic mass is 10.2. The van der Waals surface area contributed by atoms with Crippen molar-refractivity contribution in [1.29, 1.82) is 0 Å². The SMILES string of the molecule is Fc1cnc(OCc2ccccc2)nc1N=Nc1cccc(C(F)(F)F)c1. The molecule has 0 aliphatic heterocycles. The van der Waals surface area contributed by atoms with Crippen molar-refractivity contribution in [2.45, 2.75) is 12.8 Å². The average molecular weight is 376 g/mol. The van der Waals surface area contributed by atoms with Crippen LogP contribution in [0.3, 0.4) is 0 Å². The number of benzene rings is 2. The minimum Gasteiger partial charge on any atom is -0.459 e. The van der Waals surface area contributed by atoms with Gasteiger partial charge in [0.15, 0.2) is 5.82 Å².